The molecule has 2 amide bonds. The van der Waals surface area contributed by atoms with Gasteiger partial charge < -0.3 is 20.1 Å². The molecule has 0 atom stereocenters. The first-order valence-electron chi connectivity index (χ1n) is 10.9. The number of rotatable bonds is 10. The average Bonchev–Trinajstić information content (AvgIpc) is 2.83. The third-order valence-corrected chi connectivity index (χ3v) is 5.45. The first kappa shape index (κ1) is 23.1. The number of amides is 2. The molecule has 3 rings (SSSR count). The molecule has 0 bridgehead atoms. The van der Waals surface area contributed by atoms with Gasteiger partial charge in [0.25, 0.3) is 0 Å². The summed E-state index contributed by atoms with van der Waals surface area (Å²) in [4.78, 5) is 25.2. The molecular weight excluding hydrogens is 404 g/mol. The second kappa shape index (κ2) is 11.7. The zero-order valence-corrected chi connectivity index (χ0v) is 18.2. The quantitative estimate of drug-likeness (QED) is 0.504. The van der Waals surface area contributed by atoms with Gasteiger partial charge in [0.2, 0.25) is 11.8 Å². The van der Waals surface area contributed by atoms with Crippen LogP contribution < -0.4 is 20.1 Å². The molecule has 2 N–H and O–H groups in total. The van der Waals surface area contributed by atoms with E-state index in [4.69, 9.17) is 9.47 Å². The minimum Gasteiger partial charge on any atom is -0.490 e. The predicted molar refractivity (Wildman–Crippen MR) is 127 cm³/mol. The number of hydrogen-bond acceptors (Lipinski definition) is 4. The molecule has 0 radical (unpaired) electrons. The minimum atomic E-state index is -0.0861. The van der Waals surface area contributed by atoms with Gasteiger partial charge >= 0.3 is 0 Å². The lowest BCUT2D eigenvalue weighted by Crippen LogP contribution is -2.32. The number of nitrogens with one attached hydrogen (secondary N) is 2. The van der Waals surface area contributed by atoms with Crippen LogP contribution in [0, 0.1) is 11.8 Å². The van der Waals surface area contributed by atoms with Crippen LogP contribution in [0.4, 0.5) is 11.4 Å². The first-order chi connectivity index (χ1) is 15.6. The largest absolute Gasteiger partial charge is 0.490 e. The molecule has 32 heavy (non-hydrogen) atoms. The Morgan fingerprint density at radius 3 is 1.38 bits per heavy atom. The normalized spacial score (nSPS) is 17.6. The van der Waals surface area contributed by atoms with Crippen molar-refractivity contribution in [2.45, 2.75) is 25.7 Å². The molecule has 168 valence electrons. The Morgan fingerprint density at radius 1 is 0.719 bits per heavy atom. The lowest BCUT2D eigenvalue weighted by Gasteiger charge is -2.27. The average molecular weight is 435 g/mol. The van der Waals surface area contributed by atoms with Gasteiger partial charge in [-0.3, -0.25) is 9.59 Å². The molecule has 1 aliphatic rings. The van der Waals surface area contributed by atoms with E-state index in [0.29, 0.717) is 38.9 Å². The minimum absolute atomic E-state index is 0.00118. The van der Waals surface area contributed by atoms with Gasteiger partial charge in [-0.15, -0.1) is 0 Å². The van der Waals surface area contributed by atoms with Crippen LogP contribution in [0.2, 0.25) is 0 Å². The van der Waals surface area contributed by atoms with Gasteiger partial charge in [0.05, 0.1) is 0 Å². The van der Waals surface area contributed by atoms with Gasteiger partial charge in [-0.1, -0.05) is 25.3 Å². The number of anilines is 2. The first-order valence-corrected chi connectivity index (χ1v) is 10.9. The highest BCUT2D eigenvalue weighted by Gasteiger charge is 2.30. The van der Waals surface area contributed by atoms with Crippen molar-refractivity contribution in [3.05, 3.63) is 73.8 Å². The van der Waals surface area contributed by atoms with E-state index >= 15 is 0 Å². The van der Waals surface area contributed by atoms with Gasteiger partial charge in [0.1, 0.15) is 24.7 Å². The smallest absolute Gasteiger partial charge is 0.227 e. The second-order valence-electron chi connectivity index (χ2n) is 7.78. The summed E-state index contributed by atoms with van der Waals surface area (Å²) in [7, 11) is 0. The number of benzene rings is 2. The summed E-state index contributed by atoms with van der Waals surface area (Å²) < 4.78 is 10.9. The molecule has 0 spiro atoms. The molecule has 1 fully saturated rings. The van der Waals surface area contributed by atoms with Crippen LogP contribution in [-0.4, -0.2) is 25.0 Å². The zero-order valence-electron chi connectivity index (χ0n) is 18.2. The molecule has 6 nitrogen and oxygen atoms in total. The van der Waals surface area contributed by atoms with E-state index in [1.807, 2.05) is 48.5 Å². The van der Waals surface area contributed by atoms with Crippen molar-refractivity contribution in [1.82, 2.24) is 0 Å². The summed E-state index contributed by atoms with van der Waals surface area (Å²) >= 11 is 0. The van der Waals surface area contributed by atoms with E-state index in [1.165, 1.54) is 0 Å². The Labute approximate surface area is 189 Å². The summed E-state index contributed by atoms with van der Waals surface area (Å²) in [5, 5.41) is 5.93. The van der Waals surface area contributed by atoms with Crippen molar-refractivity contribution in [1.29, 1.82) is 0 Å². The fourth-order valence-electron chi connectivity index (χ4n) is 3.69. The third-order valence-electron chi connectivity index (χ3n) is 5.45. The van der Waals surface area contributed by atoms with Crippen LogP contribution in [0.15, 0.2) is 73.8 Å². The highest BCUT2D eigenvalue weighted by atomic mass is 16.5. The molecular formula is C26H30N2O4. The molecule has 0 saturated heterocycles. The van der Waals surface area contributed by atoms with Crippen molar-refractivity contribution < 1.29 is 19.1 Å². The lowest BCUT2D eigenvalue weighted by atomic mass is 9.81. The summed E-state index contributed by atoms with van der Waals surface area (Å²) in [6.45, 7) is 8.12. The van der Waals surface area contributed by atoms with E-state index < -0.39 is 0 Å². The van der Waals surface area contributed by atoms with Crippen molar-refractivity contribution in [2.24, 2.45) is 11.8 Å². The number of carbonyl (C=O) groups excluding carboxylic acids is 2. The van der Waals surface area contributed by atoms with E-state index in [2.05, 4.69) is 23.8 Å². The Morgan fingerprint density at radius 2 is 1.06 bits per heavy atom. The van der Waals surface area contributed by atoms with Crippen LogP contribution in [-0.2, 0) is 9.59 Å². The standard InChI is InChI=1S/C26H30N2O4/c1-3-17-31-23-13-9-21(10-14-23)27-25(29)19-5-7-20(8-6-19)26(30)28-22-11-15-24(16-12-22)32-18-4-2/h3-4,9-16,19-20H,1-2,5-8,17-18H2,(H,27,29)(H,28,30). The van der Waals surface area contributed by atoms with E-state index in [-0.39, 0.29) is 23.7 Å². The highest BCUT2D eigenvalue weighted by molar-refractivity contribution is 5.94. The maximum absolute atomic E-state index is 12.6. The van der Waals surface area contributed by atoms with Crippen molar-refractivity contribution >= 4 is 23.2 Å². The Balaban J connectivity index is 1.43. The van der Waals surface area contributed by atoms with Crippen LogP contribution in [0.5, 0.6) is 11.5 Å². The molecule has 2 aromatic rings. The van der Waals surface area contributed by atoms with Crippen molar-refractivity contribution in [3.63, 3.8) is 0 Å². The SMILES string of the molecule is C=CCOc1ccc(NC(=O)C2CCC(C(=O)Nc3ccc(OCC=C)cc3)CC2)cc1. The number of hydrogen-bond donors (Lipinski definition) is 2. The van der Waals surface area contributed by atoms with Crippen LogP contribution >= 0.6 is 0 Å². The summed E-state index contributed by atoms with van der Waals surface area (Å²) in [5.74, 6) is 1.29. The Kier molecular flexibility index (Phi) is 8.49. The molecule has 2 aromatic carbocycles. The molecule has 1 saturated carbocycles. The Hall–Kier alpha value is -3.54. The maximum atomic E-state index is 12.6. The molecule has 1 aliphatic carbocycles. The number of carbonyl (C=O) groups is 2. The fraction of sp³-hybridized carbons (Fsp3) is 0.308. The summed E-state index contributed by atoms with van der Waals surface area (Å²) in [6, 6.07) is 14.6. The fourth-order valence-corrected chi connectivity index (χ4v) is 3.69. The van der Waals surface area contributed by atoms with Gasteiger partial charge in [0.15, 0.2) is 0 Å². The van der Waals surface area contributed by atoms with Crippen molar-refractivity contribution in [2.75, 3.05) is 23.8 Å². The lowest BCUT2D eigenvalue weighted by molar-refractivity contribution is -0.125. The zero-order chi connectivity index (χ0) is 22.8. The third kappa shape index (κ3) is 6.74. The topological polar surface area (TPSA) is 76.7 Å². The molecule has 6 heteroatoms. The van der Waals surface area contributed by atoms with Gasteiger partial charge in [0, 0.05) is 23.2 Å². The van der Waals surface area contributed by atoms with Gasteiger partial charge in [-0.25, -0.2) is 0 Å². The van der Waals surface area contributed by atoms with Gasteiger partial charge in [-0.05, 0) is 74.2 Å². The van der Waals surface area contributed by atoms with E-state index in [1.54, 1.807) is 12.2 Å². The van der Waals surface area contributed by atoms with Crippen LogP contribution in [0.3, 0.4) is 0 Å². The van der Waals surface area contributed by atoms with Gasteiger partial charge in [-0.2, -0.15) is 0 Å². The second-order valence-corrected chi connectivity index (χ2v) is 7.78. The maximum Gasteiger partial charge on any atom is 0.227 e. The van der Waals surface area contributed by atoms with E-state index in [9.17, 15) is 9.59 Å². The number of ether oxygens (including phenoxy) is 2. The van der Waals surface area contributed by atoms with Crippen molar-refractivity contribution in [3.8, 4) is 11.5 Å². The Bertz CT molecular complexity index is 836. The monoisotopic (exact) mass is 434 g/mol. The summed E-state index contributed by atoms with van der Waals surface area (Å²) in [5.41, 5.74) is 1.47. The molecule has 0 aliphatic heterocycles. The molecule has 0 unspecified atom stereocenters. The summed E-state index contributed by atoms with van der Waals surface area (Å²) in [6.07, 6.45) is 6.14. The van der Waals surface area contributed by atoms with Crippen LogP contribution in [0.25, 0.3) is 0 Å². The highest BCUT2D eigenvalue weighted by Crippen LogP contribution is 2.31. The molecule has 0 heterocycles. The predicted octanol–water partition coefficient (Wildman–Crippen LogP) is 5.20. The molecule has 0 aromatic heterocycles. The van der Waals surface area contributed by atoms with Crippen LogP contribution in [0.1, 0.15) is 25.7 Å². The van der Waals surface area contributed by atoms with E-state index in [0.717, 1.165) is 22.9 Å².